The molecule has 11 heteroatoms. The van der Waals surface area contributed by atoms with E-state index < -0.39 is 10.0 Å². The molecule has 0 bridgehead atoms. The Kier molecular flexibility index (Phi) is 6.44. The molecule has 1 amide bonds. The second-order valence-corrected chi connectivity index (χ2v) is 10.0. The van der Waals surface area contributed by atoms with Crippen LogP contribution >= 0.6 is 22.7 Å². The number of nitrogens with one attached hydrogen (secondary N) is 3. The lowest BCUT2D eigenvalue weighted by molar-refractivity contribution is -0.120. The molecule has 0 unspecified atom stereocenters. The number of thiazole rings is 1. The zero-order valence-corrected chi connectivity index (χ0v) is 18.7. The topological polar surface area (TPSA) is 117 Å². The number of thiophene rings is 1. The summed E-state index contributed by atoms with van der Waals surface area (Å²) in [5, 5.41) is 6.77. The van der Waals surface area contributed by atoms with Crippen LogP contribution in [0.5, 0.6) is 0 Å². The van der Waals surface area contributed by atoms with Gasteiger partial charge in [-0.1, -0.05) is 24.3 Å². The van der Waals surface area contributed by atoms with Crippen LogP contribution < -0.4 is 10.0 Å². The van der Waals surface area contributed by atoms with Crippen molar-refractivity contribution < 1.29 is 13.2 Å². The van der Waals surface area contributed by atoms with Crippen molar-refractivity contribution in [3.8, 4) is 10.6 Å². The Morgan fingerprint density at radius 2 is 1.94 bits per heavy atom. The van der Waals surface area contributed by atoms with Crippen molar-refractivity contribution in [3.63, 3.8) is 0 Å². The van der Waals surface area contributed by atoms with Gasteiger partial charge in [-0.25, -0.2) is 18.4 Å². The number of aromatic nitrogens is 3. The maximum Gasteiger partial charge on any atom is 0.263 e. The molecular weight excluding hydrogens is 454 g/mol. The largest absolute Gasteiger partial charge is 0.355 e. The van der Waals surface area contributed by atoms with E-state index >= 15 is 0 Å². The van der Waals surface area contributed by atoms with Crippen LogP contribution in [-0.2, 0) is 27.7 Å². The number of carbonyl (C=O) groups excluding carboxylic acids is 1. The Balaban J connectivity index is 1.28. The number of hydrogen-bond acceptors (Lipinski definition) is 7. The van der Waals surface area contributed by atoms with E-state index in [1.165, 1.54) is 12.1 Å². The fourth-order valence-corrected chi connectivity index (χ4v) is 5.63. The number of aromatic amines is 1. The zero-order valence-electron chi connectivity index (χ0n) is 16.2. The van der Waals surface area contributed by atoms with E-state index in [1.807, 2.05) is 17.5 Å². The van der Waals surface area contributed by atoms with Gasteiger partial charge in [0.1, 0.15) is 5.69 Å². The van der Waals surface area contributed by atoms with E-state index in [9.17, 15) is 13.2 Å². The summed E-state index contributed by atoms with van der Waals surface area (Å²) in [6, 6.07) is 12.0. The summed E-state index contributed by atoms with van der Waals surface area (Å²) < 4.78 is 27.2. The number of carbonyl (C=O) groups is 1. The van der Waals surface area contributed by atoms with Gasteiger partial charge in [0.05, 0.1) is 28.2 Å². The number of H-pyrrole nitrogens is 1. The van der Waals surface area contributed by atoms with Crippen molar-refractivity contribution in [1.29, 1.82) is 0 Å². The van der Waals surface area contributed by atoms with Gasteiger partial charge in [-0.2, -0.15) is 0 Å². The zero-order chi connectivity index (χ0) is 21.7. The van der Waals surface area contributed by atoms with Crippen molar-refractivity contribution in [2.24, 2.45) is 0 Å². The molecule has 0 saturated heterocycles. The van der Waals surface area contributed by atoms with Crippen LogP contribution in [0.15, 0.2) is 64.4 Å². The summed E-state index contributed by atoms with van der Waals surface area (Å²) in [4.78, 5) is 25.2. The second-order valence-electron chi connectivity index (χ2n) is 6.55. The molecule has 0 fully saturated rings. The third-order valence-corrected chi connectivity index (χ3v) is 7.51. The summed E-state index contributed by atoms with van der Waals surface area (Å²) in [5.74, 6) is -0.181. The molecule has 4 aromatic rings. The standard InChI is InChI=1S/C20H19N5O3S3/c26-18(21-9-8-16-19(23-13-22-16)17-7-4-10-29-17)11-14-12-30-20(24-14)25-31(27,28)15-5-2-1-3-6-15/h1-7,10,12-13H,8-9,11H2,(H,21,26)(H,22,23)(H,24,25). The monoisotopic (exact) mass is 473 g/mol. The Labute approximate surface area is 187 Å². The van der Waals surface area contributed by atoms with Gasteiger partial charge in [-0.05, 0) is 23.6 Å². The first-order valence-electron chi connectivity index (χ1n) is 9.36. The van der Waals surface area contributed by atoms with Gasteiger partial charge in [0, 0.05) is 24.0 Å². The minimum absolute atomic E-state index is 0.0737. The number of imidazole rings is 1. The molecule has 3 heterocycles. The lowest BCUT2D eigenvalue weighted by atomic mass is 10.2. The molecular formula is C20H19N5O3S3. The van der Waals surface area contributed by atoms with Gasteiger partial charge in [0.25, 0.3) is 10.0 Å². The Morgan fingerprint density at radius 1 is 1.10 bits per heavy atom. The smallest absolute Gasteiger partial charge is 0.263 e. The molecule has 0 aliphatic heterocycles. The maximum atomic E-state index is 12.4. The molecule has 3 N–H and O–H groups in total. The predicted molar refractivity (Wildman–Crippen MR) is 122 cm³/mol. The third kappa shape index (κ3) is 5.37. The van der Waals surface area contributed by atoms with Gasteiger partial charge in [0.15, 0.2) is 5.13 Å². The number of nitrogens with zero attached hydrogens (tertiary/aromatic N) is 2. The molecule has 0 saturated carbocycles. The van der Waals surface area contributed by atoms with E-state index in [1.54, 1.807) is 41.2 Å². The number of amides is 1. The van der Waals surface area contributed by atoms with Crippen LogP contribution in [-0.4, -0.2) is 35.8 Å². The number of anilines is 1. The molecule has 3 aromatic heterocycles. The van der Waals surface area contributed by atoms with Gasteiger partial charge in [-0.3, -0.25) is 9.52 Å². The molecule has 0 atom stereocenters. The molecule has 1 aromatic carbocycles. The van der Waals surface area contributed by atoms with E-state index in [4.69, 9.17) is 0 Å². The van der Waals surface area contributed by atoms with E-state index in [2.05, 4.69) is 25.0 Å². The first-order valence-corrected chi connectivity index (χ1v) is 12.6. The van der Waals surface area contributed by atoms with Crippen LogP contribution in [0.25, 0.3) is 10.6 Å². The normalized spacial score (nSPS) is 11.4. The first-order chi connectivity index (χ1) is 15.0. The van der Waals surface area contributed by atoms with Crippen LogP contribution in [0.1, 0.15) is 11.4 Å². The van der Waals surface area contributed by atoms with Gasteiger partial charge < -0.3 is 10.3 Å². The highest BCUT2D eigenvalue weighted by Crippen LogP contribution is 2.25. The SMILES string of the molecule is O=C(Cc1csc(NS(=O)(=O)c2ccccc2)n1)NCCc1[nH]cnc1-c1cccs1. The van der Waals surface area contributed by atoms with E-state index in [0.29, 0.717) is 18.7 Å². The predicted octanol–water partition coefficient (Wildman–Crippen LogP) is 3.30. The average molecular weight is 474 g/mol. The van der Waals surface area contributed by atoms with Gasteiger partial charge in [-0.15, -0.1) is 22.7 Å². The van der Waals surface area contributed by atoms with Crippen LogP contribution in [0.2, 0.25) is 0 Å². The molecule has 31 heavy (non-hydrogen) atoms. The molecule has 0 aliphatic carbocycles. The van der Waals surface area contributed by atoms with Crippen molar-refractivity contribution in [2.75, 3.05) is 11.3 Å². The van der Waals surface area contributed by atoms with Crippen LogP contribution in [0.3, 0.4) is 0 Å². The number of benzene rings is 1. The Hall–Kier alpha value is -3.02. The molecule has 0 radical (unpaired) electrons. The molecule has 4 rings (SSSR count). The van der Waals surface area contributed by atoms with Crippen LogP contribution in [0, 0.1) is 0 Å². The minimum atomic E-state index is -3.70. The minimum Gasteiger partial charge on any atom is -0.355 e. The van der Waals surface area contributed by atoms with Gasteiger partial charge >= 0.3 is 0 Å². The van der Waals surface area contributed by atoms with Crippen LogP contribution in [0.4, 0.5) is 5.13 Å². The highest BCUT2D eigenvalue weighted by Gasteiger charge is 2.16. The maximum absolute atomic E-state index is 12.4. The first kappa shape index (κ1) is 21.2. The molecule has 160 valence electrons. The summed E-state index contributed by atoms with van der Waals surface area (Å²) in [6.45, 7) is 0.455. The average Bonchev–Trinajstić information content (AvgIpc) is 3.50. The summed E-state index contributed by atoms with van der Waals surface area (Å²) >= 11 is 2.76. The molecule has 0 spiro atoms. The second kappa shape index (κ2) is 9.41. The van der Waals surface area contributed by atoms with Crippen molar-refractivity contribution >= 4 is 43.7 Å². The summed E-state index contributed by atoms with van der Waals surface area (Å²) in [7, 11) is -3.70. The fraction of sp³-hybridized carbons (Fsp3) is 0.150. The highest BCUT2D eigenvalue weighted by molar-refractivity contribution is 7.93. The number of hydrogen-bond donors (Lipinski definition) is 3. The van der Waals surface area contributed by atoms with Crippen molar-refractivity contribution in [2.45, 2.75) is 17.7 Å². The van der Waals surface area contributed by atoms with Crippen molar-refractivity contribution in [1.82, 2.24) is 20.3 Å². The lowest BCUT2D eigenvalue weighted by Gasteiger charge is -2.05. The quantitative estimate of drug-likeness (QED) is 0.345. The lowest BCUT2D eigenvalue weighted by Crippen LogP contribution is -2.27. The fourth-order valence-electron chi connectivity index (χ4n) is 2.90. The summed E-state index contributed by atoms with van der Waals surface area (Å²) in [5.41, 5.74) is 2.38. The summed E-state index contributed by atoms with van der Waals surface area (Å²) in [6.07, 6.45) is 2.35. The van der Waals surface area contributed by atoms with E-state index in [-0.39, 0.29) is 22.4 Å². The third-order valence-electron chi connectivity index (χ3n) is 4.34. The highest BCUT2D eigenvalue weighted by atomic mass is 32.2. The Bertz CT molecular complexity index is 1250. The number of sulfonamides is 1. The molecule has 8 nitrogen and oxygen atoms in total. The molecule has 0 aliphatic rings. The number of rotatable bonds is 9. The van der Waals surface area contributed by atoms with Gasteiger partial charge in [0.2, 0.25) is 5.91 Å². The van der Waals surface area contributed by atoms with Crippen molar-refractivity contribution in [3.05, 3.63) is 70.9 Å². The Morgan fingerprint density at radius 3 is 2.71 bits per heavy atom. The van der Waals surface area contributed by atoms with E-state index in [0.717, 1.165) is 27.6 Å².